The topological polar surface area (TPSA) is 62.8 Å². The number of rotatable bonds is 2. The van der Waals surface area contributed by atoms with Gasteiger partial charge in [0.05, 0.1) is 0 Å². The summed E-state index contributed by atoms with van der Waals surface area (Å²) in [5.41, 5.74) is 9.02. The third kappa shape index (κ3) is 1.93. The molecule has 0 fully saturated rings. The lowest BCUT2D eigenvalue weighted by atomic mass is 10.0. The van der Waals surface area contributed by atoms with Gasteiger partial charge < -0.3 is 5.73 Å². The molecule has 2 rings (SSSR count). The van der Waals surface area contributed by atoms with Gasteiger partial charge in [-0.1, -0.05) is 29.8 Å². The lowest BCUT2D eigenvalue weighted by molar-refractivity contribution is 1.25. The number of aryl methyl sites for hydroxylation is 1. The Labute approximate surface area is 94.5 Å². The zero-order valence-corrected chi connectivity index (χ0v) is 8.99. The molecule has 1 aromatic carbocycles. The Kier molecular flexibility index (Phi) is 2.68. The fraction of sp³-hybridized carbons (Fsp3) is 0.0769. The molecule has 0 saturated carbocycles. The van der Waals surface area contributed by atoms with E-state index >= 15 is 0 Å². The number of amidine groups is 1. The molecular weight excluding hydrogens is 198 g/mol. The summed E-state index contributed by atoms with van der Waals surface area (Å²) >= 11 is 0. The molecule has 1 aromatic heterocycles. The monoisotopic (exact) mass is 210 g/mol. The summed E-state index contributed by atoms with van der Waals surface area (Å²) in [6.07, 6.45) is 1.52. The largest absolute Gasteiger partial charge is 0.382 e. The first-order chi connectivity index (χ1) is 7.68. The van der Waals surface area contributed by atoms with E-state index in [0.29, 0.717) is 5.69 Å². The van der Waals surface area contributed by atoms with E-state index in [2.05, 4.69) is 11.1 Å². The van der Waals surface area contributed by atoms with E-state index < -0.39 is 0 Å². The first-order valence-electron chi connectivity index (χ1n) is 4.96. The molecule has 2 aromatic rings. The number of nitrogens with zero attached hydrogens (tertiary/aromatic N) is 1. The van der Waals surface area contributed by atoms with Crippen LogP contribution >= 0.6 is 0 Å². The number of nitrogen functional groups attached to an aromatic ring is 1. The molecule has 0 aliphatic carbocycles. The summed E-state index contributed by atoms with van der Waals surface area (Å²) in [6.45, 7) is 2.02. The molecule has 0 saturated heterocycles. The minimum absolute atomic E-state index is 0.0227. The van der Waals surface area contributed by atoms with Crippen LogP contribution in [0.2, 0.25) is 0 Å². The lowest BCUT2D eigenvalue weighted by Crippen LogP contribution is -2.14. The molecule has 0 unspecified atom stereocenters. The van der Waals surface area contributed by atoms with Crippen molar-refractivity contribution >= 4 is 5.84 Å². The van der Waals surface area contributed by atoms with Crippen LogP contribution in [-0.2, 0) is 0 Å². The van der Waals surface area contributed by atoms with Crippen LogP contribution in [0.1, 0.15) is 11.3 Å². The van der Waals surface area contributed by atoms with Gasteiger partial charge in [0, 0.05) is 17.8 Å². The SMILES string of the molecule is Cc1cccc(-c2c[c]cnc2C(=N)N)c1. The Bertz CT molecular complexity index is 532. The molecule has 0 atom stereocenters. The molecule has 1 radical (unpaired) electrons. The molecule has 3 heteroatoms. The van der Waals surface area contributed by atoms with Crippen molar-refractivity contribution < 1.29 is 0 Å². The van der Waals surface area contributed by atoms with Gasteiger partial charge in [-0.25, -0.2) is 0 Å². The van der Waals surface area contributed by atoms with Gasteiger partial charge in [0.1, 0.15) is 11.5 Å². The maximum Gasteiger partial charge on any atom is 0.142 e. The molecule has 0 aliphatic rings. The first kappa shape index (κ1) is 10.4. The number of nitrogens with two attached hydrogens (primary N) is 1. The van der Waals surface area contributed by atoms with Gasteiger partial charge in [-0.2, -0.15) is 0 Å². The van der Waals surface area contributed by atoms with Crippen molar-refractivity contribution in [2.45, 2.75) is 6.92 Å². The van der Waals surface area contributed by atoms with Gasteiger partial charge in [0.25, 0.3) is 0 Å². The highest BCUT2D eigenvalue weighted by Gasteiger charge is 2.08. The first-order valence-corrected chi connectivity index (χ1v) is 4.96. The summed E-state index contributed by atoms with van der Waals surface area (Å²) in [7, 11) is 0. The lowest BCUT2D eigenvalue weighted by Gasteiger charge is -2.07. The zero-order chi connectivity index (χ0) is 11.5. The second-order valence-electron chi connectivity index (χ2n) is 3.61. The fourth-order valence-corrected chi connectivity index (χ4v) is 1.61. The van der Waals surface area contributed by atoms with Gasteiger partial charge in [-0.15, -0.1) is 0 Å². The summed E-state index contributed by atoms with van der Waals surface area (Å²) < 4.78 is 0. The van der Waals surface area contributed by atoms with Crippen LogP contribution in [0.5, 0.6) is 0 Å². The maximum atomic E-state index is 7.48. The van der Waals surface area contributed by atoms with E-state index in [9.17, 15) is 0 Å². The summed E-state index contributed by atoms with van der Waals surface area (Å²) in [4.78, 5) is 4.08. The van der Waals surface area contributed by atoms with Crippen molar-refractivity contribution in [3.05, 3.63) is 53.9 Å². The summed E-state index contributed by atoms with van der Waals surface area (Å²) in [6, 6.07) is 12.7. The summed E-state index contributed by atoms with van der Waals surface area (Å²) in [5.74, 6) is -0.0227. The third-order valence-corrected chi connectivity index (χ3v) is 2.34. The van der Waals surface area contributed by atoms with Crippen molar-refractivity contribution in [3.63, 3.8) is 0 Å². The number of hydrogen-bond donors (Lipinski definition) is 2. The molecule has 16 heavy (non-hydrogen) atoms. The van der Waals surface area contributed by atoms with Crippen LogP contribution in [0, 0.1) is 18.4 Å². The highest BCUT2D eigenvalue weighted by Crippen LogP contribution is 2.22. The third-order valence-electron chi connectivity index (χ3n) is 2.34. The van der Waals surface area contributed by atoms with Crippen molar-refractivity contribution in [3.8, 4) is 11.1 Å². The molecule has 79 valence electrons. The number of aromatic nitrogens is 1. The van der Waals surface area contributed by atoms with Crippen molar-refractivity contribution in [1.29, 1.82) is 5.41 Å². The number of nitrogens with one attached hydrogen (secondary N) is 1. The van der Waals surface area contributed by atoms with Crippen LogP contribution in [0.25, 0.3) is 11.1 Å². The normalized spacial score (nSPS) is 10.1. The average molecular weight is 210 g/mol. The van der Waals surface area contributed by atoms with Crippen LogP contribution in [-0.4, -0.2) is 10.8 Å². The highest BCUT2D eigenvalue weighted by molar-refractivity contribution is 5.99. The number of pyridine rings is 1. The highest BCUT2D eigenvalue weighted by atomic mass is 14.8. The zero-order valence-electron chi connectivity index (χ0n) is 8.99. The number of hydrogen-bond acceptors (Lipinski definition) is 2. The minimum atomic E-state index is -0.0227. The van der Waals surface area contributed by atoms with E-state index in [-0.39, 0.29) is 5.84 Å². The van der Waals surface area contributed by atoms with Gasteiger partial charge in [-0.05, 0) is 18.6 Å². The van der Waals surface area contributed by atoms with E-state index in [0.717, 1.165) is 16.7 Å². The molecule has 0 amide bonds. The predicted molar refractivity (Wildman–Crippen MR) is 64.3 cm³/mol. The average Bonchev–Trinajstić information content (AvgIpc) is 2.29. The van der Waals surface area contributed by atoms with Crippen LogP contribution in [0.3, 0.4) is 0 Å². The van der Waals surface area contributed by atoms with E-state index in [4.69, 9.17) is 11.1 Å². The van der Waals surface area contributed by atoms with Crippen LogP contribution in [0.15, 0.2) is 36.5 Å². The smallest absolute Gasteiger partial charge is 0.142 e. The Balaban J connectivity index is 2.60. The van der Waals surface area contributed by atoms with E-state index in [1.165, 1.54) is 6.20 Å². The van der Waals surface area contributed by atoms with Crippen molar-refractivity contribution in [2.24, 2.45) is 5.73 Å². The van der Waals surface area contributed by atoms with E-state index in [1.54, 1.807) is 6.07 Å². The number of benzene rings is 1. The minimum Gasteiger partial charge on any atom is -0.382 e. The molecule has 3 N–H and O–H groups in total. The van der Waals surface area contributed by atoms with Crippen molar-refractivity contribution in [1.82, 2.24) is 4.98 Å². The Hall–Kier alpha value is -2.16. The standard InChI is InChI=1S/C13H12N3/c1-9-4-2-5-10(8-9)11-6-3-7-16-12(11)13(14)15/h2,4-8H,1H3,(H3,14,15). The van der Waals surface area contributed by atoms with Gasteiger partial charge >= 0.3 is 0 Å². The van der Waals surface area contributed by atoms with Crippen LogP contribution < -0.4 is 5.73 Å². The second-order valence-corrected chi connectivity index (χ2v) is 3.61. The van der Waals surface area contributed by atoms with E-state index in [1.807, 2.05) is 31.2 Å². The maximum absolute atomic E-state index is 7.48. The van der Waals surface area contributed by atoms with Gasteiger partial charge in [0.15, 0.2) is 0 Å². The van der Waals surface area contributed by atoms with Gasteiger partial charge in [-0.3, -0.25) is 10.4 Å². The Morgan fingerprint density at radius 3 is 2.94 bits per heavy atom. The molecule has 1 heterocycles. The quantitative estimate of drug-likeness (QED) is 0.589. The predicted octanol–water partition coefficient (Wildman–Crippen LogP) is 2.14. The Morgan fingerprint density at radius 1 is 1.44 bits per heavy atom. The summed E-state index contributed by atoms with van der Waals surface area (Å²) in [5, 5.41) is 7.48. The van der Waals surface area contributed by atoms with Gasteiger partial charge in [0.2, 0.25) is 0 Å². The van der Waals surface area contributed by atoms with Crippen molar-refractivity contribution in [2.75, 3.05) is 0 Å². The fourth-order valence-electron chi connectivity index (χ4n) is 1.61. The molecular formula is C13H12N3. The second kappa shape index (κ2) is 4.14. The van der Waals surface area contributed by atoms with Crippen LogP contribution in [0.4, 0.5) is 0 Å². The molecule has 0 bridgehead atoms. The Morgan fingerprint density at radius 2 is 2.25 bits per heavy atom. The molecule has 0 spiro atoms. The molecule has 3 nitrogen and oxygen atoms in total. The molecule has 0 aliphatic heterocycles.